The Labute approximate surface area is 394 Å². The fourth-order valence-electron chi connectivity index (χ4n) is 7.71. The van der Waals surface area contributed by atoms with Crippen LogP contribution in [0.15, 0.2) is 157 Å². The molecule has 0 spiro atoms. The second-order valence-corrected chi connectivity index (χ2v) is 17.0. The van der Waals surface area contributed by atoms with Crippen molar-refractivity contribution in [2.75, 3.05) is 21.3 Å². The molecule has 340 valence electrons. The summed E-state index contributed by atoms with van der Waals surface area (Å²) >= 11 is 1.37. The molecule has 8 N–H and O–H groups in total. The molecular weight excluding hydrogens is 881 g/mol. The predicted octanol–water partition coefficient (Wildman–Crippen LogP) is 10.6. The number of anilines is 4. The third-order valence-electron chi connectivity index (χ3n) is 11.3. The van der Waals surface area contributed by atoms with E-state index in [-0.39, 0.29) is 34.5 Å². The molecule has 0 saturated heterocycles. The normalized spacial score (nSPS) is 11.8. The van der Waals surface area contributed by atoms with Gasteiger partial charge >= 0.3 is 24.0 Å². The molecule has 0 bridgehead atoms. The van der Waals surface area contributed by atoms with Gasteiger partial charge in [-0.05, 0) is 117 Å². The van der Waals surface area contributed by atoms with Gasteiger partial charge in [0.25, 0.3) is 11.8 Å². The first kappa shape index (κ1) is 45.7. The Balaban J connectivity index is 1.05. The summed E-state index contributed by atoms with van der Waals surface area (Å²) in [5, 5.41) is 41.4. The number of carbonyl (C=O) groups is 6. The molecule has 8 aromatic rings. The smallest absolute Gasteiger partial charge is 0.330 e. The Bertz CT molecular complexity index is 3250. The molecule has 68 heavy (non-hydrogen) atoms. The van der Waals surface area contributed by atoms with E-state index >= 15 is 0 Å². The highest BCUT2D eigenvalue weighted by Crippen LogP contribution is 2.32. The number of aliphatic carboxylic acids is 2. The molecular formula is C53H44N6O8S. The van der Waals surface area contributed by atoms with Crippen molar-refractivity contribution in [1.29, 1.82) is 0 Å². The highest BCUT2D eigenvalue weighted by atomic mass is 32.1. The van der Waals surface area contributed by atoms with E-state index in [0.717, 1.165) is 21.4 Å². The number of thiophene rings is 1. The van der Waals surface area contributed by atoms with E-state index in [1.807, 2.05) is 79.9 Å². The van der Waals surface area contributed by atoms with Gasteiger partial charge in [-0.25, -0.2) is 19.2 Å². The van der Waals surface area contributed by atoms with E-state index < -0.39 is 47.9 Å². The monoisotopic (exact) mass is 924 g/mol. The fraction of sp³-hybridized carbons (Fsp3) is 0.0943. The summed E-state index contributed by atoms with van der Waals surface area (Å²) < 4.78 is 0. The van der Waals surface area contributed by atoms with Crippen LogP contribution in [0.4, 0.5) is 32.3 Å². The van der Waals surface area contributed by atoms with Crippen molar-refractivity contribution in [3.05, 3.63) is 190 Å². The van der Waals surface area contributed by atoms with Crippen LogP contribution in [0.2, 0.25) is 0 Å². The minimum Gasteiger partial charge on any atom is -0.480 e. The summed E-state index contributed by atoms with van der Waals surface area (Å²) in [6, 6.07) is 39.9. The van der Waals surface area contributed by atoms with E-state index in [1.54, 1.807) is 91.0 Å². The van der Waals surface area contributed by atoms with Crippen molar-refractivity contribution in [2.45, 2.75) is 32.4 Å². The molecule has 0 saturated carbocycles. The minimum atomic E-state index is -1.47. The quantitative estimate of drug-likeness (QED) is 0.0524. The average molecular weight is 925 g/mol. The summed E-state index contributed by atoms with van der Waals surface area (Å²) in [5.74, 6) is -3.97. The zero-order valence-corrected chi connectivity index (χ0v) is 37.4. The summed E-state index contributed by atoms with van der Waals surface area (Å²) in [4.78, 5) is 80.3. The van der Waals surface area contributed by atoms with Crippen LogP contribution in [0.25, 0.3) is 32.7 Å². The first-order valence-electron chi connectivity index (χ1n) is 21.4. The van der Waals surface area contributed by atoms with Crippen molar-refractivity contribution >= 4 is 91.4 Å². The highest BCUT2D eigenvalue weighted by Gasteiger charge is 2.27. The fourth-order valence-corrected chi connectivity index (χ4v) is 8.46. The van der Waals surface area contributed by atoms with Crippen molar-refractivity contribution < 1.29 is 39.0 Å². The van der Waals surface area contributed by atoms with E-state index in [1.165, 1.54) is 11.3 Å². The van der Waals surface area contributed by atoms with E-state index in [9.17, 15) is 39.0 Å². The average Bonchev–Trinajstić information content (AvgIpc) is 3.84. The van der Waals surface area contributed by atoms with Gasteiger partial charge in [0, 0.05) is 22.7 Å². The van der Waals surface area contributed by atoms with Gasteiger partial charge in [-0.3, -0.25) is 9.59 Å². The number of carboxylic acid groups (broad SMARTS) is 2. The van der Waals surface area contributed by atoms with Crippen LogP contribution in [0.5, 0.6) is 0 Å². The summed E-state index contributed by atoms with van der Waals surface area (Å²) in [7, 11) is 0. The Morgan fingerprint density at radius 3 is 1.53 bits per heavy atom. The van der Waals surface area contributed by atoms with Crippen molar-refractivity contribution in [3.63, 3.8) is 0 Å². The summed E-state index contributed by atoms with van der Waals surface area (Å²) in [6.07, 6.45) is 0.0603. The molecule has 1 aromatic heterocycles. The third kappa shape index (κ3) is 10.6. The van der Waals surface area contributed by atoms with Gasteiger partial charge in [0.2, 0.25) is 0 Å². The van der Waals surface area contributed by atoms with Gasteiger partial charge in [0.05, 0.1) is 22.5 Å². The Hall–Kier alpha value is -8.82. The van der Waals surface area contributed by atoms with Crippen LogP contribution >= 0.6 is 11.3 Å². The second-order valence-electron chi connectivity index (χ2n) is 16.0. The minimum absolute atomic E-state index is 0.0269. The van der Waals surface area contributed by atoms with Gasteiger partial charge in [-0.1, -0.05) is 103 Å². The maximum atomic E-state index is 14.0. The number of benzene rings is 7. The van der Waals surface area contributed by atoms with Gasteiger partial charge in [0.15, 0.2) is 6.04 Å². The van der Waals surface area contributed by atoms with Crippen LogP contribution in [0, 0.1) is 13.8 Å². The SMILES string of the molecule is Cc1ccccc1NC(=O)Nc1cc2ccccc2cc1C(=O)NC(C(=O)O)c1ccc(-c2ccc3cc(NC(=O)Nc4ccccc4C)c(C(=O)N[C@@H](Cc4cccs4)C(=O)O)cc3c2)cc1. The lowest BCUT2D eigenvalue weighted by Gasteiger charge is -2.18. The number of hydrogen-bond acceptors (Lipinski definition) is 7. The summed E-state index contributed by atoms with van der Waals surface area (Å²) in [6.45, 7) is 3.69. The second kappa shape index (κ2) is 20.1. The van der Waals surface area contributed by atoms with Crippen LogP contribution < -0.4 is 31.9 Å². The first-order chi connectivity index (χ1) is 32.8. The van der Waals surface area contributed by atoms with Gasteiger partial charge in [-0.15, -0.1) is 11.3 Å². The topological polar surface area (TPSA) is 215 Å². The number of rotatable bonds is 14. The molecule has 0 aliphatic heterocycles. The predicted molar refractivity (Wildman–Crippen MR) is 266 cm³/mol. The van der Waals surface area contributed by atoms with Crippen LogP contribution in [0.1, 0.15) is 48.3 Å². The molecule has 0 aliphatic rings. The lowest BCUT2D eigenvalue weighted by molar-refractivity contribution is -0.140. The Morgan fingerprint density at radius 1 is 0.485 bits per heavy atom. The molecule has 1 unspecified atom stereocenters. The van der Waals surface area contributed by atoms with Gasteiger partial charge in [-0.2, -0.15) is 0 Å². The standard InChI is InChI=1S/C53H44N6O8S/c1-30-10-3-7-15-42(30)55-52(66)57-44-27-35-13-6-5-12-34(35)25-40(44)49(61)59-47(51(64)65)33-19-17-32(18-20-33)36-21-22-37-28-45(58-53(67)56-43-16-8-4-11-31(43)2)41(26-38(37)24-36)48(60)54-46(50(62)63)29-39-14-9-23-68-39/h3-28,46-47H,29H2,1-2H3,(H,54,60)(H,59,61)(H,62,63)(H,64,65)(H2,55,57,66)(H2,56,58,67)/t46-,47?/m0/s1. The molecule has 1 heterocycles. The number of nitrogens with one attached hydrogen (secondary N) is 6. The molecule has 0 fully saturated rings. The summed E-state index contributed by atoms with van der Waals surface area (Å²) in [5.41, 5.74) is 4.88. The number of hydrogen-bond donors (Lipinski definition) is 8. The lowest BCUT2D eigenvalue weighted by Crippen LogP contribution is -2.42. The number of carboxylic acids is 2. The van der Waals surface area contributed by atoms with Crippen molar-refractivity contribution in [3.8, 4) is 11.1 Å². The zero-order chi connectivity index (χ0) is 47.9. The van der Waals surface area contributed by atoms with Crippen LogP contribution in [-0.4, -0.2) is 52.1 Å². The molecule has 0 radical (unpaired) electrons. The van der Waals surface area contributed by atoms with Gasteiger partial charge in [0.1, 0.15) is 6.04 Å². The number of amides is 6. The maximum Gasteiger partial charge on any atom is 0.330 e. The molecule has 15 heteroatoms. The van der Waals surface area contributed by atoms with E-state index in [2.05, 4.69) is 31.9 Å². The van der Waals surface area contributed by atoms with E-state index in [0.29, 0.717) is 38.7 Å². The van der Waals surface area contributed by atoms with Crippen LogP contribution in [-0.2, 0) is 16.0 Å². The molecule has 7 aromatic carbocycles. The number of urea groups is 2. The number of aryl methyl sites for hydroxylation is 2. The number of carbonyl (C=O) groups excluding carboxylic acids is 4. The number of fused-ring (bicyclic) bond motifs is 2. The molecule has 14 nitrogen and oxygen atoms in total. The van der Waals surface area contributed by atoms with E-state index in [4.69, 9.17) is 0 Å². The Kier molecular flexibility index (Phi) is 13.5. The molecule has 2 atom stereocenters. The third-order valence-corrected chi connectivity index (χ3v) is 12.2. The van der Waals surface area contributed by atoms with Crippen LogP contribution in [0.3, 0.4) is 0 Å². The van der Waals surface area contributed by atoms with Gasteiger partial charge < -0.3 is 42.1 Å². The zero-order valence-electron chi connectivity index (χ0n) is 36.6. The molecule has 8 rings (SSSR count). The highest BCUT2D eigenvalue weighted by molar-refractivity contribution is 7.09. The molecule has 6 amide bonds. The van der Waals surface area contributed by atoms with Crippen molar-refractivity contribution in [1.82, 2.24) is 10.6 Å². The Morgan fingerprint density at radius 2 is 0.985 bits per heavy atom. The number of para-hydroxylation sites is 2. The maximum absolute atomic E-state index is 14.0. The van der Waals surface area contributed by atoms with Crippen molar-refractivity contribution in [2.24, 2.45) is 0 Å². The largest absolute Gasteiger partial charge is 0.480 e. The lowest BCUT2D eigenvalue weighted by atomic mass is 9.96. The first-order valence-corrected chi connectivity index (χ1v) is 22.3. The molecule has 0 aliphatic carbocycles.